The molecule has 1 aliphatic heterocycles. The Morgan fingerprint density at radius 3 is 2.50 bits per heavy atom. The Balaban J connectivity index is 2.13. The lowest BCUT2D eigenvalue weighted by molar-refractivity contribution is -0.139. The fourth-order valence-electron chi connectivity index (χ4n) is 4.01. The van der Waals surface area contributed by atoms with Crippen LogP contribution in [0.15, 0.2) is 48.0 Å². The number of unbranched alkanes of at least 4 members (excludes halogenated alkanes) is 2. The van der Waals surface area contributed by atoms with E-state index in [1.807, 2.05) is 38.1 Å². The van der Waals surface area contributed by atoms with Crippen molar-refractivity contribution in [3.8, 4) is 5.75 Å². The second-order valence-corrected chi connectivity index (χ2v) is 7.80. The van der Waals surface area contributed by atoms with Crippen molar-refractivity contribution < 1.29 is 19.4 Å². The van der Waals surface area contributed by atoms with Gasteiger partial charge in [0, 0.05) is 12.1 Å². The van der Waals surface area contributed by atoms with Crippen LogP contribution in [-0.2, 0) is 9.59 Å². The Labute approximate surface area is 178 Å². The molecule has 158 valence electrons. The van der Waals surface area contributed by atoms with Crippen molar-refractivity contribution in [3.05, 3.63) is 70.3 Å². The van der Waals surface area contributed by atoms with Gasteiger partial charge in [0.05, 0.1) is 18.7 Å². The van der Waals surface area contributed by atoms with Gasteiger partial charge in [-0.25, -0.2) is 0 Å². The first-order valence-electron chi connectivity index (χ1n) is 10.4. The van der Waals surface area contributed by atoms with Crippen molar-refractivity contribution in [3.63, 3.8) is 0 Å². The quantitative estimate of drug-likeness (QED) is 0.306. The Bertz CT molecular complexity index is 992. The van der Waals surface area contributed by atoms with Crippen molar-refractivity contribution in [1.29, 1.82) is 0 Å². The number of likely N-dealkylation sites (tertiary alicyclic amines) is 1. The van der Waals surface area contributed by atoms with E-state index in [-0.39, 0.29) is 11.3 Å². The first-order chi connectivity index (χ1) is 14.4. The molecule has 5 heteroatoms. The Morgan fingerprint density at radius 2 is 1.87 bits per heavy atom. The highest BCUT2D eigenvalue weighted by Crippen LogP contribution is 2.40. The number of rotatable bonds is 7. The normalized spacial score (nSPS) is 18.1. The van der Waals surface area contributed by atoms with Gasteiger partial charge in [-0.05, 0) is 49.6 Å². The number of Topliss-reactive ketones (excluding diaryl/α,β-unsaturated/α-hetero) is 1. The van der Waals surface area contributed by atoms with Crippen LogP contribution in [-0.4, -0.2) is 35.4 Å². The molecule has 30 heavy (non-hydrogen) atoms. The van der Waals surface area contributed by atoms with Crippen molar-refractivity contribution in [2.75, 3.05) is 13.7 Å². The first kappa shape index (κ1) is 21.6. The van der Waals surface area contributed by atoms with E-state index in [2.05, 4.69) is 6.92 Å². The number of ketones is 1. The number of carbonyl (C=O) groups is 2. The summed E-state index contributed by atoms with van der Waals surface area (Å²) in [4.78, 5) is 27.5. The third-order valence-electron chi connectivity index (χ3n) is 5.57. The largest absolute Gasteiger partial charge is 0.507 e. The van der Waals surface area contributed by atoms with Crippen LogP contribution in [0.2, 0.25) is 0 Å². The van der Waals surface area contributed by atoms with E-state index >= 15 is 0 Å². The molecule has 0 aromatic heterocycles. The molecule has 0 radical (unpaired) electrons. The number of aryl methyl sites for hydroxylation is 2. The molecule has 0 bridgehead atoms. The predicted octanol–water partition coefficient (Wildman–Crippen LogP) is 4.92. The van der Waals surface area contributed by atoms with Gasteiger partial charge in [-0.1, -0.05) is 49.6 Å². The summed E-state index contributed by atoms with van der Waals surface area (Å²) in [5, 5.41) is 11.1. The third-order valence-corrected chi connectivity index (χ3v) is 5.57. The average molecular weight is 408 g/mol. The molecule has 1 heterocycles. The Morgan fingerprint density at radius 1 is 1.10 bits per heavy atom. The maximum atomic E-state index is 13.0. The van der Waals surface area contributed by atoms with Crippen LogP contribution in [0, 0.1) is 13.8 Å². The SMILES string of the molecule is CCCCCN1C(=O)C(=O)/C(=C(\O)c2ccc(OC)c(C)c2)C1c1cccc(C)c1. The molecule has 0 spiro atoms. The van der Waals surface area contributed by atoms with Gasteiger partial charge >= 0.3 is 0 Å². The van der Waals surface area contributed by atoms with Gasteiger partial charge in [0.15, 0.2) is 0 Å². The molecule has 5 nitrogen and oxygen atoms in total. The third kappa shape index (κ3) is 4.11. The highest BCUT2D eigenvalue weighted by Gasteiger charge is 2.45. The minimum atomic E-state index is -0.635. The molecule has 0 aliphatic carbocycles. The summed E-state index contributed by atoms with van der Waals surface area (Å²) >= 11 is 0. The molecular weight excluding hydrogens is 378 g/mol. The van der Waals surface area contributed by atoms with Crippen LogP contribution < -0.4 is 4.74 Å². The fourth-order valence-corrected chi connectivity index (χ4v) is 4.01. The van der Waals surface area contributed by atoms with E-state index in [0.717, 1.165) is 36.0 Å². The zero-order chi connectivity index (χ0) is 21.8. The second kappa shape index (κ2) is 9.16. The van der Waals surface area contributed by atoms with Crippen LogP contribution in [0.5, 0.6) is 5.75 Å². The Kier molecular flexibility index (Phi) is 6.60. The van der Waals surface area contributed by atoms with Gasteiger partial charge < -0.3 is 14.7 Å². The molecule has 3 rings (SSSR count). The van der Waals surface area contributed by atoms with Crippen molar-refractivity contribution >= 4 is 17.4 Å². The highest BCUT2D eigenvalue weighted by atomic mass is 16.5. The number of methoxy groups -OCH3 is 1. The summed E-state index contributed by atoms with van der Waals surface area (Å²) in [6, 6.07) is 12.4. The Hall–Kier alpha value is -3.08. The minimum Gasteiger partial charge on any atom is -0.507 e. The molecule has 2 aromatic rings. The molecular formula is C25H29NO4. The summed E-state index contributed by atoms with van der Waals surface area (Å²) < 4.78 is 5.29. The zero-order valence-electron chi connectivity index (χ0n) is 18.1. The highest BCUT2D eigenvalue weighted by molar-refractivity contribution is 6.46. The molecule has 1 saturated heterocycles. The van der Waals surface area contributed by atoms with Gasteiger partial charge in [0.25, 0.3) is 11.7 Å². The van der Waals surface area contributed by atoms with E-state index in [1.54, 1.807) is 30.2 Å². The second-order valence-electron chi connectivity index (χ2n) is 7.80. The average Bonchev–Trinajstić information content (AvgIpc) is 2.98. The molecule has 1 unspecified atom stereocenters. The van der Waals surface area contributed by atoms with Crippen molar-refractivity contribution in [1.82, 2.24) is 4.90 Å². The van der Waals surface area contributed by atoms with Gasteiger partial charge in [0.2, 0.25) is 0 Å². The number of hydrogen-bond acceptors (Lipinski definition) is 4. The number of ether oxygens (including phenoxy) is 1. The standard InChI is InChI=1S/C25H29NO4/c1-5-6-7-13-26-22(18-10-8-9-16(2)14-18)21(24(28)25(26)29)23(27)19-11-12-20(30-4)17(3)15-19/h8-12,14-15,22,27H,5-7,13H2,1-4H3/b23-21-. The monoisotopic (exact) mass is 407 g/mol. The first-order valence-corrected chi connectivity index (χ1v) is 10.4. The number of benzene rings is 2. The summed E-state index contributed by atoms with van der Waals surface area (Å²) in [6.45, 7) is 6.42. The smallest absolute Gasteiger partial charge is 0.295 e. The lowest BCUT2D eigenvalue weighted by Crippen LogP contribution is -2.30. The number of carbonyl (C=O) groups excluding carboxylic acids is 2. The number of hydrogen-bond donors (Lipinski definition) is 1. The maximum Gasteiger partial charge on any atom is 0.295 e. The summed E-state index contributed by atoms with van der Waals surface area (Å²) in [6.07, 6.45) is 2.80. The molecule has 1 fully saturated rings. The zero-order valence-corrected chi connectivity index (χ0v) is 18.1. The minimum absolute atomic E-state index is 0.145. The number of aliphatic hydroxyl groups excluding tert-OH is 1. The summed E-state index contributed by atoms with van der Waals surface area (Å²) in [5.41, 5.74) is 3.35. The van der Waals surface area contributed by atoms with Crippen molar-refractivity contribution in [2.24, 2.45) is 0 Å². The number of nitrogens with zero attached hydrogens (tertiary/aromatic N) is 1. The fraction of sp³-hybridized carbons (Fsp3) is 0.360. The number of amides is 1. The van der Waals surface area contributed by atoms with Crippen LogP contribution in [0.25, 0.3) is 5.76 Å². The van der Waals surface area contributed by atoms with Gasteiger partial charge in [-0.2, -0.15) is 0 Å². The summed E-state index contributed by atoms with van der Waals surface area (Å²) in [7, 11) is 1.58. The van der Waals surface area contributed by atoms with Gasteiger partial charge in [-0.15, -0.1) is 0 Å². The topological polar surface area (TPSA) is 66.8 Å². The predicted molar refractivity (Wildman–Crippen MR) is 117 cm³/mol. The molecule has 0 saturated carbocycles. The lowest BCUT2D eigenvalue weighted by atomic mass is 9.94. The molecule has 1 N–H and O–H groups in total. The van der Waals surface area contributed by atoms with Gasteiger partial charge in [0.1, 0.15) is 11.5 Å². The lowest BCUT2D eigenvalue weighted by Gasteiger charge is -2.25. The van der Waals surface area contributed by atoms with Crippen molar-refractivity contribution in [2.45, 2.75) is 46.1 Å². The maximum absolute atomic E-state index is 13.0. The van der Waals surface area contributed by atoms with Crippen LogP contribution in [0.4, 0.5) is 0 Å². The van der Waals surface area contributed by atoms with Crippen LogP contribution >= 0.6 is 0 Å². The molecule has 2 aromatic carbocycles. The van der Waals surface area contributed by atoms with E-state index in [4.69, 9.17) is 4.74 Å². The van der Waals surface area contributed by atoms with Gasteiger partial charge in [-0.3, -0.25) is 9.59 Å². The van der Waals surface area contributed by atoms with Crippen LogP contribution in [0.1, 0.15) is 54.5 Å². The molecule has 1 aliphatic rings. The number of aliphatic hydroxyl groups is 1. The molecule has 1 amide bonds. The van der Waals surface area contributed by atoms with E-state index < -0.39 is 17.7 Å². The van der Waals surface area contributed by atoms with Crippen LogP contribution in [0.3, 0.4) is 0 Å². The van der Waals surface area contributed by atoms with E-state index in [0.29, 0.717) is 17.9 Å². The van der Waals surface area contributed by atoms with E-state index in [9.17, 15) is 14.7 Å². The molecule has 1 atom stereocenters. The van der Waals surface area contributed by atoms with E-state index in [1.165, 1.54) is 0 Å². The summed E-state index contributed by atoms with van der Waals surface area (Å²) in [5.74, 6) is -0.640.